The molecule has 2 rings (SSSR count). The van der Waals surface area contributed by atoms with E-state index >= 15 is 0 Å². The number of nitrogens with one attached hydrogen (secondary N) is 2. The summed E-state index contributed by atoms with van der Waals surface area (Å²) in [6, 6.07) is 2.29. The zero-order chi connectivity index (χ0) is 16.3. The van der Waals surface area contributed by atoms with Crippen LogP contribution < -0.4 is 10.6 Å². The normalized spacial score (nSPS) is 16.8. The number of thiophene rings is 1. The molecule has 6 heteroatoms. The molecule has 0 spiro atoms. The zero-order valence-electron chi connectivity index (χ0n) is 13.2. The fraction of sp³-hybridized carbons (Fsp3) is 0.562. The van der Waals surface area contributed by atoms with E-state index < -0.39 is 0 Å². The van der Waals surface area contributed by atoms with E-state index in [-0.39, 0.29) is 16.9 Å². The standard InChI is InChI=1S/C16H21N3OS2/c1-9(2)6-14(20)18-16(21)19-15-12(8-17)11-5-4-10(3)7-13(11)22-15/h9-10H,4-7H2,1-3H3,(H2,18,19,20,21). The van der Waals surface area contributed by atoms with E-state index in [2.05, 4.69) is 23.6 Å². The zero-order valence-corrected chi connectivity index (χ0v) is 14.8. The van der Waals surface area contributed by atoms with E-state index in [4.69, 9.17) is 12.2 Å². The average molecular weight is 335 g/mol. The molecule has 2 N–H and O–H groups in total. The lowest BCUT2D eigenvalue weighted by molar-refractivity contribution is -0.120. The minimum atomic E-state index is -0.0963. The lowest BCUT2D eigenvalue weighted by atomic mass is 9.89. The van der Waals surface area contributed by atoms with Gasteiger partial charge in [-0.2, -0.15) is 5.26 Å². The molecule has 118 valence electrons. The van der Waals surface area contributed by atoms with Crippen LogP contribution in [0.2, 0.25) is 0 Å². The lowest BCUT2D eigenvalue weighted by Gasteiger charge is -2.17. The molecular formula is C16H21N3OS2. The number of nitriles is 1. The highest BCUT2D eigenvalue weighted by Gasteiger charge is 2.24. The highest BCUT2D eigenvalue weighted by molar-refractivity contribution is 7.80. The number of anilines is 1. The number of carbonyl (C=O) groups excluding carboxylic acids is 1. The summed E-state index contributed by atoms with van der Waals surface area (Å²) in [6.45, 7) is 6.20. The van der Waals surface area contributed by atoms with Crippen molar-refractivity contribution in [2.45, 2.75) is 46.5 Å². The molecule has 1 heterocycles. The topological polar surface area (TPSA) is 64.9 Å². The molecule has 1 aromatic rings. The second kappa shape index (κ2) is 7.21. The van der Waals surface area contributed by atoms with Crippen LogP contribution in [0.3, 0.4) is 0 Å². The van der Waals surface area contributed by atoms with E-state index in [1.165, 1.54) is 4.88 Å². The Labute approximate surface area is 140 Å². The monoisotopic (exact) mass is 335 g/mol. The Balaban J connectivity index is 2.08. The Morgan fingerprint density at radius 1 is 1.55 bits per heavy atom. The van der Waals surface area contributed by atoms with E-state index in [0.29, 0.717) is 17.9 Å². The third kappa shape index (κ3) is 4.05. The van der Waals surface area contributed by atoms with Gasteiger partial charge in [-0.25, -0.2) is 0 Å². The first-order valence-electron chi connectivity index (χ1n) is 7.56. The number of rotatable bonds is 3. The van der Waals surface area contributed by atoms with Crippen molar-refractivity contribution in [1.29, 1.82) is 5.26 Å². The van der Waals surface area contributed by atoms with Crippen molar-refractivity contribution in [3.05, 3.63) is 16.0 Å². The molecule has 1 aromatic heterocycles. The molecule has 0 radical (unpaired) electrons. The highest BCUT2D eigenvalue weighted by Crippen LogP contribution is 2.39. The van der Waals surface area contributed by atoms with Gasteiger partial charge in [-0.05, 0) is 48.9 Å². The first-order chi connectivity index (χ1) is 10.4. The van der Waals surface area contributed by atoms with E-state index in [1.807, 2.05) is 13.8 Å². The van der Waals surface area contributed by atoms with E-state index in [0.717, 1.165) is 29.8 Å². The minimum Gasteiger partial charge on any atom is -0.323 e. The second-order valence-electron chi connectivity index (χ2n) is 6.27. The molecule has 1 aliphatic carbocycles. The quantitative estimate of drug-likeness (QED) is 0.828. The number of amides is 1. The maximum Gasteiger partial charge on any atom is 0.226 e. The molecule has 1 atom stereocenters. The summed E-state index contributed by atoms with van der Waals surface area (Å²) < 4.78 is 0. The molecule has 0 saturated heterocycles. The first kappa shape index (κ1) is 16.9. The second-order valence-corrected chi connectivity index (χ2v) is 7.78. The number of thiocarbonyl (C=S) groups is 1. The van der Waals surface area contributed by atoms with Gasteiger partial charge in [-0.3, -0.25) is 4.79 Å². The van der Waals surface area contributed by atoms with Gasteiger partial charge in [0, 0.05) is 11.3 Å². The van der Waals surface area contributed by atoms with Gasteiger partial charge in [-0.15, -0.1) is 11.3 Å². The maximum absolute atomic E-state index is 11.7. The first-order valence-corrected chi connectivity index (χ1v) is 8.78. The van der Waals surface area contributed by atoms with Crippen molar-refractivity contribution in [3.8, 4) is 6.07 Å². The van der Waals surface area contributed by atoms with Crippen molar-refractivity contribution < 1.29 is 4.79 Å². The molecule has 1 unspecified atom stereocenters. The van der Waals surface area contributed by atoms with Crippen molar-refractivity contribution in [3.63, 3.8) is 0 Å². The number of hydrogen-bond donors (Lipinski definition) is 2. The van der Waals surface area contributed by atoms with Crippen LogP contribution in [0.25, 0.3) is 0 Å². The van der Waals surface area contributed by atoms with Crippen LogP contribution in [0.4, 0.5) is 5.00 Å². The molecule has 0 aliphatic heterocycles. The summed E-state index contributed by atoms with van der Waals surface area (Å²) in [6.07, 6.45) is 3.52. The van der Waals surface area contributed by atoms with Crippen LogP contribution in [0.15, 0.2) is 0 Å². The van der Waals surface area contributed by atoms with Crippen molar-refractivity contribution >= 4 is 39.6 Å². The molecular weight excluding hydrogens is 314 g/mol. The Morgan fingerprint density at radius 2 is 2.27 bits per heavy atom. The van der Waals surface area contributed by atoms with Crippen LogP contribution >= 0.6 is 23.6 Å². The Morgan fingerprint density at radius 3 is 2.91 bits per heavy atom. The SMILES string of the molecule is CC(C)CC(=O)NC(=S)Nc1sc2c(c1C#N)CCC(C)C2. The Hall–Kier alpha value is -1.45. The summed E-state index contributed by atoms with van der Waals surface area (Å²) in [7, 11) is 0. The van der Waals surface area contributed by atoms with Crippen molar-refractivity contribution in [1.82, 2.24) is 5.32 Å². The van der Waals surface area contributed by atoms with Gasteiger partial charge < -0.3 is 10.6 Å². The molecule has 1 amide bonds. The van der Waals surface area contributed by atoms with Crippen LogP contribution in [0, 0.1) is 23.2 Å². The Bertz CT molecular complexity index is 628. The van der Waals surface area contributed by atoms with Gasteiger partial charge in [0.05, 0.1) is 5.56 Å². The third-order valence-electron chi connectivity index (χ3n) is 3.70. The predicted octanol–water partition coefficient (Wildman–Crippen LogP) is 3.60. The van der Waals surface area contributed by atoms with Gasteiger partial charge in [0.25, 0.3) is 0 Å². The molecule has 0 saturated carbocycles. The fourth-order valence-electron chi connectivity index (χ4n) is 2.64. The molecule has 4 nitrogen and oxygen atoms in total. The van der Waals surface area contributed by atoms with Crippen LogP contribution in [0.5, 0.6) is 0 Å². The molecule has 1 aliphatic rings. The third-order valence-corrected chi connectivity index (χ3v) is 5.07. The smallest absolute Gasteiger partial charge is 0.226 e. The van der Waals surface area contributed by atoms with Crippen LogP contribution in [-0.4, -0.2) is 11.0 Å². The molecule has 0 bridgehead atoms. The fourth-order valence-corrected chi connectivity index (χ4v) is 4.29. The summed E-state index contributed by atoms with van der Waals surface area (Å²) in [4.78, 5) is 13.0. The van der Waals surface area contributed by atoms with Gasteiger partial charge >= 0.3 is 0 Å². The minimum absolute atomic E-state index is 0.0963. The lowest BCUT2D eigenvalue weighted by Crippen LogP contribution is -2.34. The van der Waals surface area contributed by atoms with Crippen LogP contribution in [0.1, 0.15) is 49.6 Å². The molecule has 0 aromatic carbocycles. The van der Waals surface area contributed by atoms with Crippen molar-refractivity contribution in [2.75, 3.05) is 5.32 Å². The largest absolute Gasteiger partial charge is 0.323 e. The van der Waals surface area contributed by atoms with Gasteiger partial charge in [-0.1, -0.05) is 20.8 Å². The van der Waals surface area contributed by atoms with E-state index in [9.17, 15) is 10.1 Å². The number of carbonyl (C=O) groups is 1. The van der Waals surface area contributed by atoms with E-state index in [1.54, 1.807) is 11.3 Å². The highest BCUT2D eigenvalue weighted by atomic mass is 32.1. The predicted molar refractivity (Wildman–Crippen MR) is 94.0 cm³/mol. The van der Waals surface area contributed by atoms with Gasteiger partial charge in [0.1, 0.15) is 11.1 Å². The molecule has 22 heavy (non-hydrogen) atoms. The van der Waals surface area contributed by atoms with Gasteiger partial charge in [0.15, 0.2) is 5.11 Å². The average Bonchev–Trinajstić information content (AvgIpc) is 2.73. The van der Waals surface area contributed by atoms with Crippen LogP contribution in [-0.2, 0) is 17.6 Å². The summed E-state index contributed by atoms with van der Waals surface area (Å²) in [5.74, 6) is 0.845. The summed E-state index contributed by atoms with van der Waals surface area (Å²) in [5.41, 5.74) is 1.84. The Kier molecular flexibility index (Phi) is 5.54. The van der Waals surface area contributed by atoms with Gasteiger partial charge in [0.2, 0.25) is 5.91 Å². The maximum atomic E-state index is 11.7. The van der Waals surface area contributed by atoms with Crippen molar-refractivity contribution in [2.24, 2.45) is 11.8 Å². The number of nitrogens with zero attached hydrogens (tertiary/aromatic N) is 1. The number of hydrogen-bond acceptors (Lipinski definition) is 4. The molecule has 0 fully saturated rings. The summed E-state index contributed by atoms with van der Waals surface area (Å²) in [5, 5.41) is 16.2. The number of fused-ring (bicyclic) bond motifs is 1. The summed E-state index contributed by atoms with van der Waals surface area (Å²) >= 11 is 6.78.